The van der Waals surface area contributed by atoms with Gasteiger partial charge in [-0.15, -0.1) is 23.5 Å². The van der Waals surface area contributed by atoms with Crippen LogP contribution in [0.3, 0.4) is 0 Å². The molecule has 0 aliphatic heterocycles. The lowest BCUT2D eigenvalue weighted by atomic mass is 11.0. The van der Waals surface area contributed by atoms with Crippen molar-refractivity contribution < 1.29 is 0 Å². The zero-order valence-corrected chi connectivity index (χ0v) is 7.95. The van der Waals surface area contributed by atoms with Gasteiger partial charge in [0.2, 0.25) is 0 Å². The maximum absolute atomic E-state index is 3.18. The molecule has 0 unspecified atom stereocenters. The fourth-order valence-electron chi connectivity index (χ4n) is 0.617. The summed E-state index contributed by atoms with van der Waals surface area (Å²) >= 11 is 3.52. The average Bonchev–Trinajstić information content (AvgIpc) is 1.95. The third-order valence-electron chi connectivity index (χ3n) is 1.23. The Morgan fingerprint density at radius 2 is 1.33 bits per heavy atom. The van der Waals surface area contributed by atoms with E-state index >= 15 is 0 Å². The van der Waals surface area contributed by atoms with Gasteiger partial charge in [0.25, 0.3) is 0 Å². The van der Waals surface area contributed by atoms with Gasteiger partial charge in [-0.25, -0.2) is 0 Å². The molecule has 0 spiro atoms. The molecule has 0 bridgehead atoms. The number of thioether (sulfide) groups is 2. The standard InChI is InChI=1S/C5H14N2S2/c1-6-5(7-2,8-3)9-4/h6-7H,1-4H3. The molecule has 0 saturated heterocycles. The van der Waals surface area contributed by atoms with E-state index in [4.69, 9.17) is 0 Å². The molecule has 0 aromatic carbocycles. The molecule has 0 rings (SSSR count). The summed E-state index contributed by atoms with van der Waals surface area (Å²) < 4.78 is 0.000000000000000222. The quantitative estimate of drug-likeness (QED) is 0.602. The van der Waals surface area contributed by atoms with Crippen molar-refractivity contribution in [1.82, 2.24) is 10.6 Å². The van der Waals surface area contributed by atoms with E-state index in [-0.39, 0.29) is 4.33 Å². The summed E-state index contributed by atoms with van der Waals surface area (Å²) in [6.07, 6.45) is 4.15. The maximum atomic E-state index is 3.18. The Hall–Kier alpha value is 0.620. The first-order chi connectivity index (χ1) is 4.24. The van der Waals surface area contributed by atoms with Crippen LogP contribution in [-0.2, 0) is 0 Å². The van der Waals surface area contributed by atoms with Crippen LogP contribution in [0.25, 0.3) is 0 Å². The summed E-state index contributed by atoms with van der Waals surface area (Å²) in [7, 11) is 3.90. The minimum atomic E-state index is 0.000000000000000222. The van der Waals surface area contributed by atoms with Gasteiger partial charge >= 0.3 is 0 Å². The van der Waals surface area contributed by atoms with Crippen molar-refractivity contribution in [2.45, 2.75) is 4.33 Å². The molecule has 0 aliphatic carbocycles. The Kier molecular flexibility index (Phi) is 4.74. The van der Waals surface area contributed by atoms with Gasteiger partial charge in [0.1, 0.15) is 0 Å². The molecule has 0 fully saturated rings. The van der Waals surface area contributed by atoms with Crippen molar-refractivity contribution in [3.05, 3.63) is 0 Å². The molecule has 0 saturated carbocycles. The lowest BCUT2D eigenvalue weighted by molar-refractivity contribution is 0.608. The van der Waals surface area contributed by atoms with Crippen LogP contribution in [0.2, 0.25) is 0 Å². The second-order valence-electron chi connectivity index (χ2n) is 1.52. The predicted molar refractivity (Wildman–Crippen MR) is 47.9 cm³/mol. The van der Waals surface area contributed by atoms with Gasteiger partial charge in [-0.1, -0.05) is 0 Å². The zero-order chi connectivity index (χ0) is 7.33. The number of hydrogen-bond acceptors (Lipinski definition) is 4. The Bertz CT molecular complexity index is 55.8. The van der Waals surface area contributed by atoms with Crippen molar-refractivity contribution in [3.63, 3.8) is 0 Å². The molecule has 56 valence electrons. The molecular weight excluding hydrogens is 152 g/mol. The van der Waals surface area contributed by atoms with Crippen LogP contribution in [0.4, 0.5) is 0 Å². The van der Waals surface area contributed by atoms with Crippen LogP contribution < -0.4 is 10.6 Å². The van der Waals surface area contributed by atoms with E-state index in [0.29, 0.717) is 0 Å². The maximum Gasteiger partial charge on any atom is 0.165 e. The largest absolute Gasteiger partial charge is 0.285 e. The van der Waals surface area contributed by atoms with Crippen molar-refractivity contribution in [2.75, 3.05) is 26.6 Å². The highest BCUT2D eigenvalue weighted by atomic mass is 32.2. The summed E-state index contributed by atoms with van der Waals surface area (Å²) in [5.74, 6) is 0. The lowest BCUT2D eigenvalue weighted by Gasteiger charge is -2.28. The molecule has 0 aromatic rings. The van der Waals surface area contributed by atoms with Gasteiger partial charge in [0.15, 0.2) is 4.33 Å². The Morgan fingerprint density at radius 1 is 1.00 bits per heavy atom. The van der Waals surface area contributed by atoms with Crippen molar-refractivity contribution in [2.24, 2.45) is 0 Å². The van der Waals surface area contributed by atoms with E-state index in [1.807, 2.05) is 14.1 Å². The summed E-state index contributed by atoms with van der Waals surface area (Å²) in [5.41, 5.74) is 0. The minimum absolute atomic E-state index is 0.000000000000000222. The number of nitrogens with one attached hydrogen (secondary N) is 2. The predicted octanol–water partition coefficient (Wildman–Crippen LogP) is 0.763. The van der Waals surface area contributed by atoms with E-state index in [1.54, 1.807) is 23.5 Å². The van der Waals surface area contributed by atoms with Gasteiger partial charge in [0.05, 0.1) is 0 Å². The van der Waals surface area contributed by atoms with Gasteiger partial charge in [-0.2, -0.15) is 0 Å². The molecule has 9 heavy (non-hydrogen) atoms. The summed E-state index contributed by atoms with van der Waals surface area (Å²) in [4.78, 5) is 0. The second-order valence-corrected chi connectivity index (χ2v) is 3.82. The molecule has 2 N–H and O–H groups in total. The number of hydrogen-bond donors (Lipinski definition) is 2. The average molecular weight is 166 g/mol. The SMILES string of the molecule is CNC(NC)(SC)SC. The van der Waals surface area contributed by atoms with Crippen molar-refractivity contribution in [1.29, 1.82) is 0 Å². The van der Waals surface area contributed by atoms with E-state index in [0.717, 1.165) is 0 Å². The lowest BCUT2D eigenvalue weighted by Crippen LogP contribution is -2.47. The Morgan fingerprint density at radius 3 is 1.33 bits per heavy atom. The van der Waals surface area contributed by atoms with Gasteiger partial charge in [-0.05, 0) is 26.6 Å². The van der Waals surface area contributed by atoms with E-state index in [9.17, 15) is 0 Å². The zero-order valence-electron chi connectivity index (χ0n) is 6.32. The first-order valence-corrected chi connectivity index (χ1v) is 5.17. The van der Waals surface area contributed by atoms with Crippen molar-refractivity contribution in [3.8, 4) is 0 Å². The highest BCUT2D eigenvalue weighted by Gasteiger charge is 2.21. The molecule has 0 aromatic heterocycles. The van der Waals surface area contributed by atoms with Crippen LogP contribution >= 0.6 is 23.5 Å². The highest BCUT2D eigenvalue weighted by Crippen LogP contribution is 2.25. The smallest absolute Gasteiger partial charge is 0.165 e. The summed E-state index contributed by atoms with van der Waals surface area (Å²) in [6.45, 7) is 0. The van der Waals surface area contributed by atoms with E-state index < -0.39 is 0 Å². The third kappa shape index (κ3) is 2.37. The van der Waals surface area contributed by atoms with Crippen molar-refractivity contribution >= 4 is 23.5 Å². The van der Waals surface area contributed by atoms with Gasteiger partial charge in [-0.3, -0.25) is 10.6 Å². The van der Waals surface area contributed by atoms with E-state index in [1.165, 1.54) is 0 Å². The topological polar surface area (TPSA) is 24.1 Å². The van der Waals surface area contributed by atoms with Crippen LogP contribution in [0.5, 0.6) is 0 Å². The first kappa shape index (κ1) is 9.62. The van der Waals surface area contributed by atoms with Crippen LogP contribution in [-0.4, -0.2) is 30.9 Å². The van der Waals surface area contributed by atoms with Crippen LogP contribution in [0.15, 0.2) is 0 Å². The third-order valence-corrected chi connectivity index (χ3v) is 4.20. The van der Waals surface area contributed by atoms with Crippen LogP contribution in [0, 0.1) is 0 Å². The molecule has 2 nitrogen and oxygen atoms in total. The first-order valence-electron chi connectivity index (χ1n) is 2.72. The summed E-state index contributed by atoms with van der Waals surface area (Å²) in [6, 6.07) is 0. The highest BCUT2D eigenvalue weighted by molar-refractivity contribution is 8.17. The summed E-state index contributed by atoms with van der Waals surface area (Å²) in [5, 5.41) is 6.36. The molecule has 0 radical (unpaired) electrons. The molecule has 4 heteroatoms. The van der Waals surface area contributed by atoms with Crippen LogP contribution in [0.1, 0.15) is 0 Å². The molecule has 0 heterocycles. The van der Waals surface area contributed by atoms with E-state index in [2.05, 4.69) is 23.1 Å². The Labute approximate surface area is 65.5 Å². The minimum Gasteiger partial charge on any atom is -0.285 e. The fraction of sp³-hybridized carbons (Fsp3) is 1.00. The molecule has 0 amide bonds. The fourth-order valence-corrected chi connectivity index (χ4v) is 2.10. The molecule has 0 aliphatic rings. The van der Waals surface area contributed by atoms with Gasteiger partial charge < -0.3 is 0 Å². The monoisotopic (exact) mass is 166 g/mol. The Balaban J connectivity index is 3.82. The molecule has 0 atom stereocenters. The molecular formula is C5H14N2S2. The normalized spacial score (nSPS) is 12.0. The second kappa shape index (κ2) is 4.44. The van der Waals surface area contributed by atoms with Gasteiger partial charge in [0, 0.05) is 0 Å². The number of rotatable bonds is 4.